The molecule has 0 saturated carbocycles. The van der Waals surface area contributed by atoms with Crippen molar-refractivity contribution in [3.8, 4) is 11.4 Å². The van der Waals surface area contributed by atoms with E-state index in [0.29, 0.717) is 22.8 Å². The Kier molecular flexibility index (Phi) is 6.13. The number of fused-ring (bicyclic) bond motifs is 1. The lowest BCUT2D eigenvalue weighted by Crippen LogP contribution is -2.15. The van der Waals surface area contributed by atoms with Crippen LogP contribution in [0.15, 0.2) is 42.5 Å². The summed E-state index contributed by atoms with van der Waals surface area (Å²) in [6.45, 7) is 2.06. The van der Waals surface area contributed by atoms with E-state index in [9.17, 15) is 4.79 Å². The van der Waals surface area contributed by atoms with Crippen molar-refractivity contribution >= 4 is 29.7 Å². The minimum Gasteiger partial charge on any atom is -0.495 e. The third-order valence-corrected chi connectivity index (χ3v) is 5.16. The molecule has 1 heterocycles. The number of hydrogen-bond donors (Lipinski definition) is 2. The maximum Gasteiger partial charge on any atom is 0.276 e. The van der Waals surface area contributed by atoms with Gasteiger partial charge in [0.15, 0.2) is 5.69 Å². The van der Waals surface area contributed by atoms with E-state index in [2.05, 4.69) is 24.4 Å². The van der Waals surface area contributed by atoms with E-state index in [1.807, 2.05) is 16.8 Å². The summed E-state index contributed by atoms with van der Waals surface area (Å²) in [6.07, 6.45) is 3.98. The second-order valence-corrected chi connectivity index (χ2v) is 7.14. The van der Waals surface area contributed by atoms with Gasteiger partial charge in [-0.05, 0) is 62.9 Å². The van der Waals surface area contributed by atoms with Gasteiger partial charge >= 0.3 is 0 Å². The zero-order valence-corrected chi connectivity index (χ0v) is 17.4. The number of ether oxygens (including phenoxy) is 1. The largest absolute Gasteiger partial charge is 0.495 e. The van der Waals surface area contributed by atoms with Gasteiger partial charge in [-0.25, -0.2) is 4.68 Å². The number of aryl methyl sites for hydroxylation is 1. The van der Waals surface area contributed by atoms with Crippen LogP contribution in [0.1, 0.15) is 40.2 Å². The van der Waals surface area contributed by atoms with Gasteiger partial charge in [0.2, 0.25) is 0 Å². The fourth-order valence-corrected chi connectivity index (χ4v) is 3.68. The van der Waals surface area contributed by atoms with Gasteiger partial charge in [0.25, 0.3) is 5.91 Å². The summed E-state index contributed by atoms with van der Waals surface area (Å²) < 4.78 is 7.09. The molecule has 0 atom stereocenters. The number of hydrogen-bond acceptors (Lipinski definition) is 4. The van der Waals surface area contributed by atoms with Gasteiger partial charge in [0.1, 0.15) is 5.75 Å². The lowest BCUT2D eigenvalue weighted by molar-refractivity contribution is 0.102. The second-order valence-electron chi connectivity index (χ2n) is 7.14. The number of aromatic nitrogens is 2. The summed E-state index contributed by atoms with van der Waals surface area (Å²) in [5.41, 5.74) is 11.9. The monoisotopic (exact) mass is 412 g/mol. The first kappa shape index (κ1) is 20.7. The number of nitrogens with zero attached hydrogens (tertiary/aromatic N) is 2. The molecular weight excluding hydrogens is 388 g/mol. The Morgan fingerprint density at radius 3 is 2.55 bits per heavy atom. The summed E-state index contributed by atoms with van der Waals surface area (Å²) in [5, 5.41) is 7.62. The average Bonchev–Trinajstić information content (AvgIpc) is 3.09. The molecule has 0 spiro atoms. The van der Waals surface area contributed by atoms with Crippen LogP contribution in [-0.4, -0.2) is 22.8 Å². The molecule has 1 aliphatic rings. The van der Waals surface area contributed by atoms with Crippen LogP contribution in [0.5, 0.6) is 5.75 Å². The molecule has 0 fully saturated rings. The van der Waals surface area contributed by atoms with Gasteiger partial charge in [-0.2, -0.15) is 5.10 Å². The van der Waals surface area contributed by atoms with E-state index in [-0.39, 0.29) is 18.3 Å². The number of carbonyl (C=O) groups excluding carboxylic acids is 1. The lowest BCUT2D eigenvalue weighted by atomic mass is 9.95. The number of amides is 1. The molecule has 29 heavy (non-hydrogen) atoms. The first-order valence-electron chi connectivity index (χ1n) is 9.49. The number of rotatable bonds is 4. The van der Waals surface area contributed by atoms with Crippen LogP contribution < -0.4 is 15.8 Å². The minimum atomic E-state index is -0.214. The first-order chi connectivity index (χ1) is 13.6. The summed E-state index contributed by atoms with van der Waals surface area (Å²) in [7, 11) is 1.56. The highest BCUT2D eigenvalue weighted by Crippen LogP contribution is 2.29. The van der Waals surface area contributed by atoms with E-state index < -0.39 is 0 Å². The molecule has 152 valence electrons. The van der Waals surface area contributed by atoms with Crippen molar-refractivity contribution in [1.82, 2.24) is 9.78 Å². The second kappa shape index (κ2) is 8.57. The highest BCUT2D eigenvalue weighted by molar-refractivity contribution is 6.04. The number of carbonyl (C=O) groups is 1. The molecule has 4 rings (SSSR count). The number of halogens is 1. The van der Waals surface area contributed by atoms with Crippen molar-refractivity contribution in [3.05, 3.63) is 65.0 Å². The highest BCUT2D eigenvalue weighted by Gasteiger charge is 2.25. The standard InChI is InChI=1S/C22H24N4O2.ClH/c1-14-7-10-16(11-8-14)26-19-6-4-3-5-17(19)21(25-26)22(27)24-15-9-12-20(28-2)18(23)13-15;/h7-13H,3-6,23H2,1-2H3,(H,24,27);1H. The predicted molar refractivity (Wildman–Crippen MR) is 118 cm³/mol. The van der Waals surface area contributed by atoms with Crippen molar-refractivity contribution in [2.45, 2.75) is 32.6 Å². The molecule has 0 saturated heterocycles. The molecule has 0 bridgehead atoms. The van der Waals surface area contributed by atoms with Crippen LogP contribution in [0.2, 0.25) is 0 Å². The van der Waals surface area contributed by atoms with Crippen LogP contribution in [-0.2, 0) is 12.8 Å². The van der Waals surface area contributed by atoms with Gasteiger partial charge in [0.05, 0.1) is 18.5 Å². The van der Waals surface area contributed by atoms with E-state index in [0.717, 1.165) is 42.6 Å². The normalized spacial score (nSPS) is 12.6. The summed E-state index contributed by atoms with van der Waals surface area (Å²) in [4.78, 5) is 13.0. The molecule has 1 amide bonds. The topological polar surface area (TPSA) is 82.2 Å². The number of nitrogens with one attached hydrogen (secondary N) is 1. The maximum atomic E-state index is 13.0. The van der Waals surface area contributed by atoms with Crippen LogP contribution in [0.4, 0.5) is 11.4 Å². The number of methoxy groups -OCH3 is 1. The van der Waals surface area contributed by atoms with Crippen LogP contribution in [0.3, 0.4) is 0 Å². The van der Waals surface area contributed by atoms with Crippen molar-refractivity contribution in [2.75, 3.05) is 18.2 Å². The SMILES string of the molecule is COc1ccc(NC(=O)c2nn(-c3ccc(C)cc3)c3c2CCCC3)cc1N.Cl. The van der Waals surface area contributed by atoms with Crippen LogP contribution in [0, 0.1) is 6.92 Å². The Morgan fingerprint density at radius 2 is 1.86 bits per heavy atom. The van der Waals surface area contributed by atoms with E-state index >= 15 is 0 Å². The molecule has 3 aromatic rings. The highest BCUT2D eigenvalue weighted by atomic mass is 35.5. The molecule has 1 aliphatic carbocycles. The fourth-order valence-electron chi connectivity index (χ4n) is 3.68. The van der Waals surface area contributed by atoms with E-state index in [4.69, 9.17) is 15.6 Å². The summed E-state index contributed by atoms with van der Waals surface area (Å²) in [5.74, 6) is 0.368. The predicted octanol–water partition coefficient (Wildman–Crippen LogP) is 4.32. The van der Waals surface area contributed by atoms with Crippen molar-refractivity contribution in [1.29, 1.82) is 0 Å². The van der Waals surface area contributed by atoms with Crippen LogP contribution >= 0.6 is 12.4 Å². The molecule has 1 aromatic heterocycles. The quantitative estimate of drug-likeness (QED) is 0.625. The zero-order valence-electron chi connectivity index (χ0n) is 16.6. The number of anilines is 2. The molecule has 2 aromatic carbocycles. The van der Waals surface area contributed by atoms with Crippen molar-refractivity contribution < 1.29 is 9.53 Å². The molecular formula is C22H25ClN4O2. The number of nitrogen functional groups attached to an aromatic ring is 1. The zero-order chi connectivity index (χ0) is 19.7. The smallest absolute Gasteiger partial charge is 0.276 e. The Morgan fingerprint density at radius 1 is 1.14 bits per heavy atom. The van der Waals surface area contributed by atoms with Gasteiger partial charge in [0, 0.05) is 16.9 Å². The van der Waals surface area contributed by atoms with Gasteiger partial charge in [-0.15, -0.1) is 12.4 Å². The van der Waals surface area contributed by atoms with E-state index in [1.54, 1.807) is 25.3 Å². The minimum absolute atomic E-state index is 0. The first-order valence-corrected chi connectivity index (χ1v) is 9.49. The fraction of sp³-hybridized carbons (Fsp3) is 0.273. The number of nitrogens with two attached hydrogens (primary N) is 1. The third-order valence-electron chi connectivity index (χ3n) is 5.16. The molecule has 6 nitrogen and oxygen atoms in total. The Hall–Kier alpha value is -2.99. The Labute approximate surface area is 176 Å². The molecule has 0 aliphatic heterocycles. The van der Waals surface area contributed by atoms with Gasteiger partial charge in [-0.1, -0.05) is 17.7 Å². The molecule has 7 heteroatoms. The molecule has 0 unspecified atom stereocenters. The van der Waals surface area contributed by atoms with Crippen molar-refractivity contribution in [3.63, 3.8) is 0 Å². The maximum absolute atomic E-state index is 13.0. The lowest BCUT2D eigenvalue weighted by Gasteiger charge is -2.14. The molecule has 0 radical (unpaired) electrons. The van der Waals surface area contributed by atoms with Crippen molar-refractivity contribution in [2.24, 2.45) is 0 Å². The van der Waals surface area contributed by atoms with Gasteiger partial charge < -0.3 is 15.8 Å². The summed E-state index contributed by atoms with van der Waals surface area (Å²) >= 11 is 0. The van der Waals surface area contributed by atoms with Gasteiger partial charge in [-0.3, -0.25) is 4.79 Å². The Balaban J connectivity index is 0.00000240. The summed E-state index contributed by atoms with van der Waals surface area (Å²) in [6, 6.07) is 13.4. The number of benzene rings is 2. The van der Waals surface area contributed by atoms with Crippen LogP contribution in [0.25, 0.3) is 5.69 Å². The average molecular weight is 413 g/mol. The van der Waals surface area contributed by atoms with E-state index in [1.165, 1.54) is 5.56 Å². The third kappa shape index (κ3) is 4.07. The Bertz CT molecular complexity index is 1030. The molecule has 3 N–H and O–H groups in total.